The first-order chi connectivity index (χ1) is 11.6. The number of ether oxygens (including phenoxy) is 1. The van der Waals surface area contributed by atoms with Crippen LogP contribution in [0.15, 0.2) is 26.6 Å². The normalized spacial score (nSPS) is 10.4. The molecule has 2 rings (SSSR count). The lowest BCUT2D eigenvalue weighted by Gasteiger charge is -2.00. The molecule has 0 saturated carbocycles. The van der Waals surface area contributed by atoms with E-state index in [4.69, 9.17) is 4.74 Å². The zero-order valence-electron chi connectivity index (χ0n) is 12.5. The number of hydrogen-bond donors (Lipinski definition) is 2. The van der Waals surface area contributed by atoms with Crippen LogP contribution in [0.3, 0.4) is 0 Å². The van der Waals surface area contributed by atoms with Crippen molar-refractivity contribution < 1.29 is 14.3 Å². The molecule has 0 atom stereocenters. The van der Waals surface area contributed by atoms with E-state index in [1.807, 2.05) is 0 Å². The summed E-state index contributed by atoms with van der Waals surface area (Å²) in [7, 11) is 0. The molecule has 2 aromatic heterocycles. The van der Waals surface area contributed by atoms with Crippen LogP contribution in [0, 0.1) is 0 Å². The van der Waals surface area contributed by atoms with Crippen LogP contribution >= 0.6 is 34.9 Å². The smallest absolute Gasteiger partial charge is 0.316 e. The van der Waals surface area contributed by atoms with Crippen molar-refractivity contribution in [1.29, 1.82) is 0 Å². The number of hydrogen-bond acceptors (Lipinski definition) is 10. The van der Waals surface area contributed by atoms with Gasteiger partial charge in [-0.2, -0.15) is 0 Å². The number of aromatic nitrogens is 4. The minimum atomic E-state index is -0.330. The van der Waals surface area contributed by atoms with Gasteiger partial charge >= 0.3 is 5.97 Å². The first-order valence-electron chi connectivity index (χ1n) is 6.66. The molecule has 0 saturated heterocycles. The third-order valence-corrected chi connectivity index (χ3v) is 5.09. The summed E-state index contributed by atoms with van der Waals surface area (Å²) in [5.74, 6) is -0.425. The Morgan fingerprint density at radius 1 is 1.33 bits per heavy atom. The lowest BCUT2D eigenvalue weighted by Crippen LogP contribution is -2.15. The fraction of sp³-hybridized carbons (Fsp3) is 0.333. The van der Waals surface area contributed by atoms with E-state index in [2.05, 4.69) is 25.5 Å². The highest BCUT2D eigenvalue weighted by molar-refractivity contribution is 8.01. The Balaban J connectivity index is 1.78. The molecule has 0 unspecified atom stereocenters. The van der Waals surface area contributed by atoms with Gasteiger partial charge in [0, 0.05) is 12.3 Å². The number of rotatable bonds is 8. The summed E-state index contributed by atoms with van der Waals surface area (Å²) in [5.41, 5.74) is -0.278. The number of esters is 1. The second-order valence-electron chi connectivity index (χ2n) is 4.04. The number of anilines is 1. The minimum absolute atomic E-state index is 0.0673. The van der Waals surface area contributed by atoms with Crippen LogP contribution in [0.1, 0.15) is 6.92 Å². The molecule has 24 heavy (non-hydrogen) atoms. The molecule has 0 bridgehead atoms. The highest BCUT2D eigenvalue weighted by Crippen LogP contribution is 2.25. The molecule has 1 amide bonds. The van der Waals surface area contributed by atoms with E-state index in [9.17, 15) is 14.4 Å². The molecule has 0 aliphatic rings. The van der Waals surface area contributed by atoms with Gasteiger partial charge in [0.25, 0.3) is 5.56 Å². The molecule has 0 spiro atoms. The van der Waals surface area contributed by atoms with Crippen LogP contribution in [0.25, 0.3) is 0 Å². The van der Waals surface area contributed by atoms with Crippen LogP contribution in [0.2, 0.25) is 0 Å². The number of aromatic amines is 1. The Morgan fingerprint density at radius 3 is 2.92 bits per heavy atom. The third kappa shape index (κ3) is 6.29. The second-order valence-corrected chi connectivity index (χ2v) is 7.21. The van der Waals surface area contributed by atoms with Gasteiger partial charge < -0.3 is 9.72 Å². The van der Waals surface area contributed by atoms with Crippen molar-refractivity contribution in [3.8, 4) is 0 Å². The molecule has 9 nitrogen and oxygen atoms in total. The van der Waals surface area contributed by atoms with Gasteiger partial charge in [-0.1, -0.05) is 34.9 Å². The van der Waals surface area contributed by atoms with Gasteiger partial charge in [0.1, 0.15) is 0 Å². The van der Waals surface area contributed by atoms with Crippen LogP contribution in [0.5, 0.6) is 0 Å². The molecule has 0 radical (unpaired) electrons. The summed E-state index contributed by atoms with van der Waals surface area (Å²) in [5, 5.41) is 11.0. The number of nitrogens with zero attached hydrogens (tertiary/aromatic N) is 3. The molecule has 0 aromatic carbocycles. The number of thioether (sulfide) groups is 2. The quantitative estimate of drug-likeness (QED) is 0.295. The fourth-order valence-electron chi connectivity index (χ4n) is 1.36. The highest BCUT2D eigenvalue weighted by Gasteiger charge is 2.11. The molecule has 12 heteroatoms. The molecule has 0 aliphatic heterocycles. The van der Waals surface area contributed by atoms with E-state index in [1.165, 1.54) is 24.0 Å². The van der Waals surface area contributed by atoms with Gasteiger partial charge in [-0.15, -0.1) is 10.2 Å². The molecule has 0 aliphatic carbocycles. The molecule has 2 aromatic rings. The summed E-state index contributed by atoms with van der Waals surface area (Å²) in [6, 6.07) is 1.29. The van der Waals surface area contributed by atoms with E-state index in [0.29, 0.717) is 21.2 Å². The number of H-pyrrole nitrogens is 1. The fourth-order valence-corrected chi connectivity index (χ4v) is 3.57. The van der Waals surface area contributed by atoms with E-state index in [-0.39, 0.29) is 28.9 Å². The number of carbonyl (C=O) groups excluding carboxylic acids is 2. The van der Waals surface area contributed by atoms with Crippen molar-refractivity contribution in [2.75, 3.05) is 23.4 Å². The Labute approximate surface area is 149 Å². The topological polar surface area (TPSA) is 127 Å². The predicted molar refractivity (Wildman–Crippen MR) is 91.5 cm³/mol. The molecule has 2 N–H and O–H groups in total. The van der Waals surface area contributed by atoms with E-state index < -0.39 is 0 Å². The predicted octanol–water partition coefficient (Wildman–Crippen LogP) is 1.01. The lowest BCUT2D eigenvalue weighted by atomic mass is 10.7. The van der Waals surface area contributed by atoms with Crippen LogP contribution in [0.4, 0.5) is 5.13 Å². The van der Waals surface area contributed by atoms with Gasteiger partial charge in [0.2, 0.25) is 11.0 Å². The Kier molecular flexibility index (Phi) is 7.21. The number of amides is 1. The van der Waals surface area contributed by atoms with Crippen LogP contribution < -0.4 is 10.9 Å². The van der Waals surface area contributed by atoms with Crippen molar-refractivity contribution in [2.24, 2.45) is 0 Å². The highest BCUT2D eigenvalue weighted by atomic mass is 32.2. The maximum atomic E-state index is 11.8. The Morgan fingerprint density at radius 2 is 2.17 bits per heavy atom. The van der Waals surface area contributed by atoms with Crippen molar-refractivity contribution in [2.45, 2.75) is 16.4 Å². The van der Waals surface area contributed by atoms with E-state index in [0.717, 1.165) is 23.1 Å². The maximum Gasteiger partial charge on any atom is 0.316 e. The summed E-state index contributed by atoms with van der Waals surface area (Å²) in [6.45, 7) is 2.07. The first kappa shape index (κ1) is 18.4. The third-order valence-electron chi connectivity index (χ3n) is 2.26. The average molecular weight is 387 g/mol. The number of nitrogens with one attached hydrogen (secondary N) is 2. The van der Waals surface area contributed by atoms with Crippen molar-refractivity contribution in [3.63, 3.8) is 0 Å². The maximum absolute atomic E-state index is 11.8. The van der Waals surface area contributed by atoms with Gasteiger partial charge in [0.15, 0.2) is 9.50 Å². The SMILES string of the molecule is CCOC(=O)CSc1nnc(NC(=O)CSc2nccc(=O)[nH]2)s1. The van der Waals surface area contributed by atoms with Gasteiger partial charge in [-0.05, 0) is 6.92 Å². The zero-order chi connectivity index (χ0) is 17.4. The largest absolute Gasteiger partial charge is 0.465 e. The first-order valence-corrected chi connectivity index (χ1v) is 9.45. The van der Waals surface area contributed by atoms with Gasteiger partial charge in [0.05, 0.1) is 18.1 Å². The van der Waals surface area contributed by atoms with Crippen molar-refractivity contribution >= 4 is 51.9 Å². The summed E-state index contributed by atoms with van der Waals surface area (Å²) >= 11 is 3.46. The standard InChI is InChI=1S/C12H13N5O4S3/c1-2-21-9(20)6-23-12-17-16-11(24-12)15-8(19)5-22-10-13-4-3-7(18)14-10/h3-4H,2,5-6H2,1H3,(H,13,14,18)(H,15,16,19). The monoisotopic (exact) mass is 387 g/mol. The Hall–Kier alpha value is -1.92. The lowest BCUT2D eigenvalue weighted by molar-refractivity contribution is -0.139. The molecule has 0 fully saturated rings. The van der Waals surface area contributed by atoms with Gasteiger partial charge in [-0.25, -0.2) is 4.98 Å². The minimum Gasteiger partial charge on any atom is -0.465 e. The van der Waals surface area contributed by atoms with Crippen molar-refractivity contribution in [3.05, 3.63) is 22.6 Å². The molecule has 128 valence electrons. The Bertz CT molecular complexity index is 763. The second kappa shape index (κ2) is 9.39. The molecular formula is C12H13N5O4S3. The van der Waals surface area contributed by atoms with Crippen molar-refractivity contribution in [1.82, 2.24) is 20.2 Å². The molecule has 2 heterocycles. The summed E-state index contributed by atoms with van der Waals surface area (Å²) in [4.78, 5) is 40.7. The summed E-state index contributed by atoms with van der Waals surface area (Å²) < 4.78 is 5.37. The van der Waals surface area contributed by atoms with E-state index in [1.54, 1.807) is 6.92 Å². The van der Waals surface area contributed by atoms with Crippen LogP contribution in [-0.2, 0) is 14.3 Å². The average Bonchev–Trinajstić information content (AvgIpc) is 2.99. The van der Waals surface area contributed by atoms with E-state index >= 15 is 0 Å². The number of carbonyl (C=O) groups is 2. The molecular weight excluding hydrogens is 374 g/mol. The summed E-state index contributed by atoms with van der Waals surface area (Å²) in [6.07, 6.45) is 1.37. The van der Waals surface area contributed by atoms with Gasteiger partial charge in [-0.3, -0.25) is 19.7 Å². The van der Waals surface area contributed by atoms with Crippen LogP contribution in [-0.4, -0.2) is 50.2 Å². The zero-order valence-corrected chi connectivity index (χ0v) is 14.9.